The van der Waals surface area contributed by atoms with Crippen LogP contribution in [0.3, 0.4) is 0 Å². The van der Waals surface area contributed by atoms with E-state index in [1.54, 1.807) is 5.56 Å². The first-order chi connectivity index (χ1) is 13.4. The molecule has 3 saturated carbocycles. The molecular formula is C25H32BrNO. The van der Waals surface area contributed by atoms with E-state index in [2.05, 4.69) is 53.0 Å². The Balaban J connectivity index is 1.41. The summed E-state index contributed by atoms with van der Waals surface area (Å²) in [6, 6.07) is 6.71. The average Bonchev–Trinajstić information content (AvgIpc) is 3.16. The molecule has 0 amide bonds. The van der Waals surface area contributed by atoms with Crippen LogP contribution >= 0.6 is 15.9 Å². The SMILES string of the molecule is C[C@]12Cc3c([nH]c4ccc(Br)cc34)CC1CCC1C2CC[C@@]2(C)C1CC[C@@H]2O. The smallest absolute Gasteiger partial charge is 0.0596 e. The number of benzene rings is 1. The van der Waals surface area contributed by atoms with Crippen LogP contribution in [-0.2, 0) is 12.8 Å². The van der Waals surface area contributed by atoms with E-state index in [0.717, 1.165) is 30.1 Å². The number of hydrogen-bond donors (Lipinski definition) is 2. The fourth-order valence-corrected chi connectivity index (χ4v) is 8.76. The molecule has 7 atom stereocenters. The lowest BCUT2D eigenvalue weighted by atomic mass is 9.45. The molecule has 1 aromatic carbocycles. The predicted octanol–water partition coefficient (Wildman–Crippen LogP) is 6.25. The van der Waals surface area contributed by atoms with E-state index in [-0.39, 0.29) is 11.5 Å². The zero-order valence-electron chi connectivity index (χ0n) is 17.1. The molecule has 4 aliphatic rings. The topological polar surface area (TPSA) is 36.0 Å². The number of halogens is 1. The van der Waals surface area contributed by atoms with E-state index in [1.807, 2.05) is 0 Å². The van der Waals surface area contributed by atoms with E-state index in [1.165, 1.54) is 66.0 Å². The van der Waals surface area contributed by atoms with Gasteiger partial charge < -0.3 is 10.1 Å². The third kappa shape index (κ3) is 2.24. The summed E-state index contributed by atoms with van der Waals surface area (Å²) in [4.78, 5) is 3.76. The number of aromatic nitrogens is 1. The molecule has 6 rings (SSSR count). The summed E-state index contributed by atoms with van der Waals surface area (Å²) < 4.78 is 1.18. The van der Waals surface area contributed by atoms with E-state index in [9.17, 15) is 5.11 Å². The summed E-state index contributed by atoms with van der Waals surface area (Å²) >= 11 is 3.69. The third-order valence-electron chi connectivity index (χ3n) is 9.98. The summed E-state index contributed by atoms with van der Waals surface area (Å²) in [5.41, 5.74) is 5.02. The maximum absolute atomic E-state index is 10.7. The Morgan fingerprint density at radius 1 is 1.04 bits per heavy atom. The third-order valence-corrected chi connectivity index (χ3v) is 10.5. The zero-order chi connectivity index (χ0) is 19.3. The van der Waals surface area contributed by atoms with Gasteiger partial charge in [0.15, 0.2) is 0 Å². The normalized spacial score (nSPS) is 44.6. The van der Waals surface area contributed by atoms with Crippen LogP contribution in [0.2, 0.25) is 0 Å². The largest absolute Gasteiger partial charge is 0.393 e. The minimum atomic E-state index is -0.0621. The summed E-state index contributed by atoms with van der Waals surface area (Å²) in [7, 11) is 0. The highest BCUT2D eigenvalue weighted by atomic mass is 79.9. The van der Waals surface area contributed by atoms with Crippen LogP contribution < -0.4 is 0 Å². The van der Waals surface area contributed by atoms with Crippen molar-refractivity contribution in [3.63, 3.8) is 0 Å². The van der Waals surface area contributed by atoms with Gasteiger partial charge in [0.2, 0.25) is 0 Å². The standard InChI is InChI=1S/C25H32BrNO/c1-24-10-9-20-16(19(24)6-8-23(24)28)5-3-14-11-22-18(13-25(14,20)2)17-12-15(26)4-7-21(17)27-22/h4,7,12,14,16,19-20,23,27-28H,3,5-6,8-11,13H2,1-2H3/t14?,16?,19?,20?,23-,24-,25-/m0/s1. The highest BCUT2D eigenvalue weighted by Gasteiger charge is 2.60. The Labute approximate surface area is 176 Å². The van der Waals surface area contributed by atoms with Crippen molar-refractivity contribution in [2.24, 2.45) is 34.5 Å². The van der Waals surface area contributed by atoms with Gasteiger partial charge >= 0.3 is 0 Å². The maximum atomic E-state index is 10.7. The van der Waals surface area contributed by atoms with Crippen molar-refractivity contribution in [3.8, 4) is 0 Å². The molecule has 0 spiro atoms. The molecule has 2 aromatic rings. The van der Waals surface area contributed by atoms with E-state index < -0.39 is 0 Å². The Bertz CT molecular complexity index is 949. The predicted molar refractivity (Wildman–Crippen MR) is 117 cm³/mol. The number of aliphatic hydroxyl groups excluding tert-OH is 1. The molecule has 1 heterocycles. The molecule has 0 radical (unpaired) electrons. The Morgan fingerprint density at radius 3 is 2.71 bits per heavy atom. The highest BCUT2D eigenvalue weighted by Crippen LogP contribution is 2.65. The first-order valence-corrected chi connectivity index (χ1v) is 12.2. The second-order valence-electron chi connectivity index (χ2n) is 10.9. The zero-order valence-corrected chi connectivity index (χ0v) is 18.7. The van der Waals surface area contributed by atoms with Crippen molar-refractivity contribution < 1.29 is 5.11 Å². The summed E-state index contributed by atoms with van der Waals surface area (Å²) in [5, 5.41) is 12.1. The molecule has 0 bridgehead atoms. The van der Waals surface area contributed by atoms with Crippen LogP contribution in [0.25, 0.3) is 10.9 Å². The van der Waals surface area contributed by atoms with Crippen molar-refractivity contribution in [2.45, 2.75) is 71.3 Å². The molecule has 4 unspecified atom stereocenters. The van der Waals surface area contributed by atoms with Crippen LogP contribution in [0, 0.1) is 34.5 Å². The van der Waals surface area contributed by atoms with Crippen LogP contribution in [0.1, 0.15) is 63.6 Å². The Hall–Kier alpha value is -0.800. The number of fused-ring (bicyclic) bond motifs is 8. The quantitative estimate of drug-likeness (QED) is 0.497. The van der Waals surface area contributed by atoms with Gasteiger partial charge in [0, 0.05) is 21.1 Å². The number of aromatic amines is 1. The summed E-state index contributed by atoms with van der Waals surface area (Å²) in [6.45, 7) is 5.03. The lowest BCUT2D eigenvalue weighted by Gasteiger charge is -2.60. The monoisotopic (exact) mass is 441 g/mol. The van der Waals surface area contributed by atoms with Gasteiger partial charge in [-0.15, -0.1) is 0 Å². The molecule has 0 saturated heterocycles. The van der Waals surface area contributed by atoms with Gasteiger partial charge in [-0.3, -0.25) is 0 Å². The van der Waals surface area contributed by atoms with Crippen molar-refractivity contribution in [1.29, 1.82) is 0 Å². The number of H-pyrrole nitrogens is 1. The van der Waals surface area contributed by atoms with Crippen molar-refractivity contribution in [2.75, 3.05) is 0 Å². The average molecular weight is 442 g/mol. The lowest BCUT2D eigenvalue weighted by Crippen LogP contribution is -2.54. The van der Waals surface area contributed by atoms with Crippen LogP contribution in [0.5, 0.6) is 0 Å². The fraction of sp³-hybridized carbons (Fsp3) is 0.680. The number of nitrogens with one attached hydrogen (secondary N) is 1. The van der Waals surface area contributed by atoms with E-state index >= 15 is 0 Å². The van der Waals surface area contributed by atoms with Gasteiger partial charge in [0.1, 0.15) is 0 Å². The minimum absolute atomic E-state index is 0.0621. The van der Waals surface area contributed by atoms with Crippen molar-refractivity contribution in [3.05, 3.63) is 33.9 Å². The molecular weight excluding hydrogens is 410 g/mol. The molecule has 3 fully saturated rings. The van der Waals surface area contributed by atoms with Gasteiger partial charge in [-0.25, -0.2) is 0 Å². The summed E-state index contributed by atoms with van der Waals surface area (Å²) in [6.07, 6.45) is 10.0. The second kappa shape index (κ2) is 5.88. The lowest BCUT2D eigenvalue weighted by molar-refractivity contribution is -0.111. The number of hydrogen-bond acceptors (Lipinski definition) is 1. The van der Waals surface area contributed by atoms with Gasteiger partial charge in [0.25, 0.3) is 0 Å². The first kappa shape index (κ1) is 18.0. The molecule has 150 valence electrons. The van der Waals surface area contributed by atoms with Crippen molar-refractivity contribution >= 4 is 26.8 Å². The molecule has 2 nitrogen and oxygen atoms in total. The van der Waals surface area contributed by atoms with E-state index in [4.69, 9.17) is 0 Å². The Morgan fingerprint density at radius 2 is 1.86 bits per heavy atom. The highest BCUT2D eigenvalue weighted by molar-refractivity contribution is 9.10. The van der Waals surface area contributed by atoms with Crippen LogP contribution in [0.4, 0.5) is 0 Å². The van der Waals surface area contributed by atoms with Crippen LogP contribution in [0.15, 0.2) is 22.7 Å². The molecule has 3 heteroatoms. The van der Waals surface area contributed by atoms with Crippen LogP contribution in [-0.4, -0.2) is 16.2 Å². The second-order valence-corrected chi connectivity index (χ2v) is 11.9. The molecule has 1 aromatic heterocycles. The van der Waals surface area contributed by atoms with Gasteiger partial charge in [-0.2, -0.15) is 0 Å². The Kier molecular flexibility index (Phi) is 3.78. The maximum Gasteiger partial charge on any atom is 0.0596 e. The van der Waals surface area contributed by atoms with Gasteiger partial charge in [-0.1, -0.05) is 29.8 Å². The summed E-state index contributed by atoms with van der Waals surface area (Å²) in [5.74, 6) is 3.22. The first-order valence-electron chi connectivity index (χ1n) is 11.4. The van der Waals surface area contributed by atoms with E-state index in [0.29, 0.717) is 5.41 Å². The molecule has 28 heavy (non-hydrogen) atoms. The fourth-order valence-electron chi connectivity index (χ4n) is 8.40. The molecule has 0 aliphatic heterocycles. The molecule has 4 aliphatic carbocycles. The number of aliphatic hydroxyl groups is 1. The van der Waals surface area contributed by atoms with Gasteiger partial charge in [0.05, 0.1) is 6.10 Å². The minimum Gasteiger partial charge on any atom is -0.393 e. The van der Waals surface area contributed by atoms with Crippen molar-refractivity contribution in [1.82, 2.24) is 4.98 Å². The number of rotatable bonds is 0. The van der Waals surface area contributed by atoms with Gasteiger partial charge in [-0.05, 0) is 110 Å². The molecule has 2 N–H and O–H groups in total.